The summed E-state index contributed by atoms with van der Waals surface area (Å²) < 4.78 is 13.8. The number of aliphatic hydroxyl groups excluding tert-OH is 2. The Labute approximate surface area is 108 Å². The minimum atomic E-state index is -1.30. The molecule has 1 aliphatic rings. The number of hydrogen-bond donors (Lipinski definition) is 3. The maximum absolute atomic E-state index is 13.8. The number of hydrogen-bond acceptors (Lipinski definition) is 4. The number of nitrogens with one attached hydrogen (secondary N) is 1. The van der Waals surface area contributed by atoms with Crippen LogP contribution in [0.3, 0.4) is 0 Å². The van der Waals surface area contributed by atoms with Crippen LogP contribution >= 0.6 is 11.8 Å². The molecule has 0 aromatic heterocycles. The van der Waals surface area contributed by atoms with E-state index in [4.69, 9.17) is 0 Å². The van der Waals surface area contributed by atoms with Crippen LogP contribution in [0.25, 0.3) is 0 Å². The molecular formula is C12H14FNO3S. The van der Waals surface area contributed by atoms with Gasteiger partial charge in [-0.2, -0.15) is 0 Å². The number of anilines is 1. The molecule has 1 amide bonds. The van der Waals surface area contributed by atoms with Gasteiger partial charge in [0.25, 0.3) is 5.91 Å². The van der Waals surface area contributed by atoms with Crippen molar-refractivity contribution in [2.75, 3.05) is 5.32 Å². The van der Waals surface area contributed by atoms with Crippen LogP contribution in [0.1, 0.15) is 25.5 Å². The molecule has 0 fully saturated rings. The molecule has 1 aromatic rings. The first-order valence-corrected chi connectivity index (χ1v) is 6.45. The highest BCUT2D eigenvalue weighted by Gasteiger charge is 2.30. The summed E-state index contributed by atoms with van der Waals surface area (Å²) >= 11 is 1.19. The molecule has 3 atom stereocenters. The van der Waals surface area contributed by atoms with E-state index in [1.807, 2.05) is 0 Å². The van der Waals surface area contributed by atoms with Crippen LogP contribution in [0.2, 0.25) is 0 Å². The second-order valence-corrected chi connectivity index (χ2v) is 5.74. The lowest BCUT2D eigenvalue weighted by molar-refractivity contribution is -0.123. The van der Waals surface area contributed by atoms with E-state index in [9.17, 15) is 19.4 Å². The Bertz CT molecular complexity index is 492. The fraction of sp³-hybridized carbons (Fsp3) is 0.417. The van der Waals surface area contributed by atoms with Gasteiger partial charge in [0.05, 0.1) is 6.10 Å². The zero-order chi connectivity index (χ0) is 13.4. The fourth-order valence-electron chi connectivity index (χ4n) is 1.63. The summed E-state index contributed by atoms with van der Waals surface area (Å²) in [5.41, 5.74) is 0.681. The van der Waals surface area contributed by atoms with Crippen LogP contribution in [0.5, 0.6) is 0 Å². The number of thioether (sulfide) groups is 1. The number of carbonyl (C=O) groups is 1. The number of fused-ring (bicyclic) bond motifs is 1. The summed E-state index contributed by atoms with van der Waals surface area (Å²) in [5, 5.41) is 21.2. The summed E-state index contributed by atoms with van der Waals surface area (Å²) in [6, 6.07) is 2.65. The maximum atomic E-state index is 13.8. The number of rotatable bonds is 3. The van der Waals surface area contributed by atoms with Gasteiger partial charge in [0.2, 0.25) is 0 Å². The second-order valence-electron chi connectivity index (χ2n) is 4.33. The average Bonchev–Trinajstić information content (AvgIpc) is 2.56. The molecule has 3 N–H and O–H groups in total. The minimum absolute atomic E-state index is 0.167. The van der Waals surface area contributed by atoms with Crippen molar-refractivity contribution in [2.45, 2.75) is 36.2 Å². The monoisotopic (exact) mass is 271 g/mol. The van der Waals surface area contributed by atoms with Crippen molar-refractivity contribution in [2.24, 2.45) is 0 Å². The minimum Gasteiger partial charge on any atom is -0.392 e. The van der Waals surface area contributed by atoms with E-state index < -0.39 is 23.9 Å². The van der Waals surface area contributed by atoms with Gasteiger partial charge in [0, 0.05) is 21.4 Å². The quantitative estimate of drug-likeness (QED) is 0.731. The Morgan fingerprint density at radius 3 is 2.72 bits per heavy atom. The molecule has 4 nitrogen and oxygen atoms in total. The topological polar surface area (TPSA) is 69.6 Å². The van der Waals surface area contributed by atoms with Gasteiger partial charge in [-0.3, -0.25) is 4.79 Å². The van der Waals surface area contributed by atoms with Gasteiger partial charge in [-0.1, -0.05) is 6.92 Å². The van der Waals surface area contributed by atoms with Crippen molar-refractivity contribution in [3.63, 3.8) is 0 Å². The lowest BCUT2D eigenvalue weighted by atomic mass is 10.1. The van der Waals surface area contributed by atoms with Gasteiger partial charge in [-0.05, 0) is 19.1 Å². The van der Waals surface area contributed by atoms with Crippen molar-refractivity contribution in [3.05, 3.63) is 23.5 Å². The molecule has 0 radical (unpaired) electrons. The number of aliphatic hydroxyl groups is 2. The van der Waals surface area contributed by atoms with Crippen LogP contribution in [-0.4, -0.2) is 27.5 Å². The SMILES string of the molecule is CC(O)C(C)Sc1cc2c(cc1F)C(O)C(=O)N2. The molecule has 2 rings (SSSR count). The molecule has 0 bridgehead atoms. The molecule has 1 heterocycles. The molecule has 0 aliphatic carbocycles. The molecule has 1 aromatic carbocycles. The molecule has 18 heavy (non-hydrogen) atoms. The van der Waals surface area contributed by atoms with E-state index in [1.54, 1.807) is 13.8 Å². The van der Waals surface area contributed by atoms with Crippen molar-refractivity contribution in [3.8, 4) is 0 Å². The van der Waals surface area contributed by atoms with E-state index in [1.165, 1.54) is 17.8 Å². The molecule has 3 unspecified atom stereocenters. The first-order valence-electron chi connectivity index (χ1n) is 5.57. The third-order valence-corrected chi connectivity index (χ3v) is 4.23. The Hall–Kier alpha value is -1.11. The summed E-state index contributed by atoms with van der Waals surface area (Å²) in [5.74, 6) is -1.04. The van der Waals surface area contributed by atoms with Crippen LogP contribution in [0, 0.1) is 5.82 Å². The van der Waals surface area contributed by atoms with Gasteiger partial charge in [-0.15, -0.1) is 11.8 Å². The normalized spacial score (nSPS) is 21.4. The number of carbonyl (C=O) groups excluding carboxylic acids is 1. The van der Waals surface area contributed by atoms with Crippen LogP contribution in [0.4, 0.5) is 10.1 Å². The van der Waals surface area contributed by atoms with E-state index in [2.05, 4.69) is 5.32 Å². The van der Waals surface area contributed by atoms with Gasteiger partial charge >= 0.3 is 0 Å². The predicted molar refractivity (Wildman–Crippen MR) is 67.0 cm³/mol. The van der Waals surface area contributed by atoms with Crippen molar-refractivity contribution >= 4 is 23.4 Å². The highest BCUT2D eigenvalue weighted by molar-refractivity contribution is 8.00. The maximum Gasteiger partial charge on any atom is 0.257 e. The largest absolute Gasteiger partial charge is 0.392 e. The number of benzene rings is 1. The van der Waals surface area contributed by atoms with Crippen molar-refractivity contribution in [1.82, 2.24) is 0 Å². The average molecular weight is 271 g/mol. The second kappa shape index (κ2) is 4.87. The molecular weight excluding hydrogens is 257 g/mol. The van der Waals surface area contributed by atoms with Gasteiger partial charge in [0.1, 0.15) is 5.82 Å². The molecule has 98 valence electrons. The molecule has 0 saturated heterocycles. The van der Waals surface area contributed by atoms with Crippen LogP contribution in [0.15, 0.2) is 17.0 Å². The Balaban J connectivity index is 2.30. The van der Waals surface area contributed by atoms with Crippen LogP contribution in [-0.2, 0) is 4.79 Å². The van der Waals surface area contributed by atoms with Gasteiger partial charge in [0.15, 0.2) is 6.10 Å². The highest BCUT2D eigenvalue weighted by atomic mass is 32.2. The molecule has 6 heteroatoms. The molecule has 1 aliphatic heterocycles. The first-order chi connectivity index (χ1) is 8.40. The fourth-order valence-corrected chi connectivity index (χ4v) is 2.59. The summed E-state index contributed by atoms with van der Waals surface area (Å²) in [7, 11) is 0. The lowest BCUT2D eigenvalue weighted by Gasteiger charge is -2.15. The van der Waals surface area contributed by atoms with Gasteiger partial charge < -0.3 is 15.5 Å². The lowest BCUT2D eigenvalue weighted by Crippen LogP contribution is -2.15. The van der Waals surface area contributed by atoms with Gasteiger partial charge in [-0.25, -0.2) is 4.39 Å². The molecule has 0 saturated carbocycles. The summed E-state index contributed by atoms with van der Waals surface area (Å²) in [6.07, 6.45) is -1.87. The van der Waals surface area contributed by atoms with Crippen molar-refractivity contribution < 1.29 is 19.4 Å². The number of halogens is 1. The summed E-state index contributed by atoms with van der Waals surface area (Å²) in [6.45, 7) is 3.42. The van der Waals surface area contributed by atoms with E-state index in [-0.39, 0.29) is 10.8 Å². The summed E-state index contributed by atoms with van der Waals surface area (Å²) in [4.78, 5) is 11.6. The highest BCUT2D eigenvalue weighted by Crippen LogP contribution is 2.37. The third kappa shape index (κ3) is 2.36. The first kappa shape index (κ1) is 13.3. The zero-order valence-corrected chi connectivity index (χ0v) is 10.8. The van der Waals surface area contributed by atoms with E-state index >= 15 is 0 Å². The molecule has 0 spiro atoms. The standard InChI is InChI=1S/C12H14FNO3S/c1-5(15)6(2)18-10-4-9-7(3-8(10)13)11(16)12(17)14-9/h3-6,11,15-16H,1-2H3,(H,14,17). The van der Waals surface area contributed by atoms with E-state index in [0.29, 0.717) is 10.6 Å². The third-order valence-electron chi connectivity index (χ3n) is 2.90. The Kier molecular flexibility index (Phi) is 3.61. The Morgan fingerprint density at radius 2 is 2.11 bits per heavy atom. The Morgan fingerprint density at radius 1 is 1.44 bits per heavy atom. The smallest absolute Gasteiger partial charge is 0.257 e. The van der Waals surface area contributed by atoms with Crippen molar-refractivity contribution in [1.29, 1.82) is 0 Å². The van der Waals surface area contributed by atoms with E-state index in [0.717, 1.165) is 6.07 Å². The number of amides is 1. The predicted octanol–water partition coefficient (Wildman–Crippen LogP) is 1.67. The zero-order valence-electron chi connectivity index (χ0n) is 9.98. The van der Waals surface area contributed by atoms with Crippen LogP contribution < -0.4 is 5.32 Å².